The second kappa shape index (κ2) is 10.1. The molecule has 1 aromatic heterocycles. The topological polar surface area (TPSA) is 36.4 Å². The first-order valence-electron chi connectivity index (χ1n) is 9.31. The van der Waals surface area contributed by atoms with E-state index in [1.54, 1.807) is 16.7 Å². The van der Waals surface area contributed by atoms with E-state index < -0.39 is 11.7 Å². The maximum Gasteiger partial charge on any atom is 0.417 e. The van der Waals surface area contributed by atoms with Gasteiger partial charge in [0, 0.05) is 55.3 Å². The van der Waals surface area contributed by atoms with Gasteiger partial charge in [0.15, 0.2) is 0 Å². The Balaban J connectivity index is 1.43. The molecule has 0 aliphatic carbocycles. The first-order valence-corrected chi connectivity index (χ1v) is 11.2. The number of piperazine rings is 1. The molecule has 1 aromatic carbocycles. The van der Waals surface area contributed by atoms with Crippen molar-refractivity contribution < 1.29 is 18.0 Å². The molecule has 0 spiro atoms. The van der Waals surface area contributed by atoms with E-state index >= 15 is 0 Å². The van der Waals surface area contributed by atoms with Crippen molar-refractivity contribution in [2.24, 2.45) is 0 Å². The van der Waals surface area contributed by atoms with Crippen LogP contribution < -0.4 is 4.90 Å². The molecule has 2 aromatic rings. The number of carbonyl (C=O) groups excluding carboxylic acids is 1. The van der Waals surface area contributed by atoms with Crippen molar-refractivity contribution in [2.45, 2.75) is 18.3 Å². The summed E-state index contributed by atoms with van der Waals surface area (Å²) in [5, 5.41) is 0.661. The zero-order valence-electron chi connectivity index (χ0n) is 16.0. The lowest BCUT2D eigenvalue weighted by Crippen LogP contribution is -2.49. The van der Waals surface area contributed by atoms with Crippen LogP contribution in [0.2, 0.25) is 10.0 Å². The number of rotatable bonds is 6. The third-order valence-corrected chi connectivity index (χ3v) is 6.28. The average Bonchev–Trinajstić information content (AvgIpc) is 2.72. The van der Waals surface area contributed by atoms with Crippen molar-refractivity contribution >= 4 is 46.7 Å². The number of benzene rings is 1. The zero-order chi connectivity index (χ0) is 21.7. The van der Waals surface area contributed by atoms with Crippen molar-refractivity contribution in [1.29, 1.82) is 0 Å². The van der Waals surface area contributed by atoms with Crippen LogP contribution in [0.25, 0.3) is 0 Å². The van der Waals surface area contributed by atoms with Gasteiger partial charge in [-0.25, -0.2) is 4.98 Å². The number of aromatic nitrogens is 1. The molecule has 1 fully saturated rings. The Morgan fingerprint density at radius 3 is 2.37 bits per heavy atom. The van der Waals surface area contributed by atoms with Gasteiger partial charge >= 0.3 is 6.18 Å². The number of amides is 1. The van der Waals surface area contributed by atoms with E-state index in [1.165, 1.54) is 0 Å². The van der Waals surface area contributed by atoms with Crippen molar-refractivity contribution in [3.8, 4) is 0 Å². The Morgan fingerprint density at radius 1 is 1.10 bits per heavy atom. The van der Waals surface area contributed by atoms with E-state index in [-0.39, 0.29) is 10.9 Å². The molecule has 2 heterocycles. The summed E-state index contributed by atoms with van der Waals surface area (Å²) in [5.41, 5.74) is 0.285. The highest BCUT2D eigenvalue weighted by Gasteiger charge is 2.32. The predicted molar refractivity (Wildman–Crippen MR) is 115 cm³/mol. The van der Waals surface area contributed by atoms with Crippen LogP contribution in [0.3, 0.4) is 0 Å². The summed E-state index contributed by atoms with van der Waals surface area (Å²) in [6.07, 6.45) is -3.25. The molecule has 0 radical (unpaired) electrons. The number of thioether (sulfide) groups is 1. The number of halogens is 5. The molecule has 30 heavy (non-hydrogen) atoms. The van der Waals surface area contributed by atoms with Gasteiger partial charge in [-0.2, -0.15) is 24.9 Å². The van der Waals surface area contributed by atoms with Gasteiger partial charge in [0.25, 0.3) is 0 Å². The van der Waals surface area contributed by atoms with Crippen LogP contribution in [0.4, 0.5) is 19.0 Å². The van der Waals surface area contributed by atoms with Crippen molar-refractivity contribution in [3.63, 3.8) is 0 Å². The van der Waals surface area contributed by atoms with Crippen LogP contribution >= 0.6 is 35.0 Å². The Morgan fingerprint density at radius 2 is 1.77 bits per heavy atom. The summed E-state index contributed by atoms with van der Waals surface area (Å²) in [6.45, 7) is 1.92. The molecule has 3 rings (SSSR count). The minimum absolute atomic E-state index is 0.0387. The first kappa shape index (κ1) is 23.0. The summed E-state index contributed by atoms with van der Waals surface area (Å²) in [5.74, 6) is 1.92. The lowest BCUT2D eigenvalue weighted by atomic mass is 10.2. The molecule has 10 heteroatoms. The van der Waals surface area contributed by atoms with Crippen LogP contribution in [-0.4, -0.2) is 47.7 Å². The van der Waals surface area contributed by atoms with E-state index in [0.29, 0.717) is 49.2 Å². The predicted octanol–water partition coefficient (Wildman–Crippen LogP) is 5.38. The molecule has 162 valence electrons. The molecule has 0 saturated carbocycles. The highest BCUT2D eigenvalue weighted by atomic mass is 35.5. The van der Waals surface area contributed by atoms with Gasteiger partial charge in [-0.3, -0.25) is 4.79 Å². The van der Waals surface area contributed by atoms with Crippen LogP contribution in [0.1, 0.15) is 17.5 Å². The standard InChI is InChI=1S/C20H20Cl2F3N3OS/c21-16-3-1-14(2-4-16)13-30-10-5-18(29)27-6-8-28(9-7-27)19-17(22)11-15(12-26-19)20(23,24)25/h1-4,11-12H,5-10,13H2. The molecule has 1 aliphatic heterocycles. The normalized spacial score (nSPS) is 14.8. The monoisotopic (exact) mass is 477 g/mol. The van der Waals surface area contributed by atoms with E-state index in [1.807, 2.05) is 29.2 Å². The molecule has 0 atom stereocenters. The first-order chi connectivity index (χ1) is 14.2. The van der Waals surface area contributed by atoms with Crippen molar-refractivity contribution in [3.05, 3.63) is 57.7 Å². The van der Waals surface area contributed by atoms with E-state index in [4.69, 9.17) is 23.2 Å². The van der Waals surface area contributed by atoms with Gasteiger partial charge in [0.1, 0.15) is 5.82 Å². The van der Waals surface area contributed by atoms with Gasteiger partial charge in [-0.1, -0.05) is 35.3 Å². The number of carbonyl (C=O) groups is 1. The van der Waals surface area contributed by atoms with Gasteiger partial charge in [-0.05, 0) is 23.8 Å². The Hall–Kier alpha value is -1.64. The van der Waals surface area contributed by atoms with Crippen LogP contribution in [-0.2, 0) is 16.7 Å². The summed E-state index contributed by atoms with van der Waals surface area (Å²) >= 11 is 13.6. The molecule has 0 N–H and O–H groups in total. The van der Waals surface area contributed by atoms with Gasteiger partial charge in [0.2, 0.25) is 5.91 Å². The van der Waals surface area contributed by atoms with Crippen LogP contribution in [0.15, 0.2) is 36.5 Å². The molecule has 4 nitrogen and oxygen atoms in total. The van der Waals surface area contributed by atoms with Gasteiger partial charge in [-0.15, -0.1) is 0 Å². The lowest BCUT2D eigenvalue weighted by Gasteiger charge is -2.36. The molecule has 1 aliphatic rings. The maximum absolute atomic E-state index is 12.8. The molecule has 0 bridgehead atoms. The van der Waals surface area contributed by atoms with E-state index in [2.05, 4.69) is 4.98 Å². The van der Waals surface area contributed by atoms with E-state index in [9.17, 15) is 18.0 Å². The second-order valence-electron chi connectivity index (χ2n) is 6.82. The highest BCUT2D eigenvalue weighted by Crippen LogP contribution is 2.33. The molecule has 1 saturated heterocycles. The number of nitrogens with zero attached hydrogens (tertiary/aromatic N) is 3. The Bertz CT molecular complexity index is 873. The Labute approximate surface area is 187 Å². The molecular formula is C20H20Cl2F3N3OS. The smallest absolute Gasteiger partial charge is 0.352 e. The largest absolute Gasteiger partial charge is 0.417 e. The van der Waals surface area contributed by atoms with Crippen LogP contribution in [0.5, 0.6) is 0 Å². The average molecular weight is 478 g/mol. The third-order valence-electron chi connectivity index (χ3n) is 4.72. The minimum atomic E-state index is -4.48. The zero-order valence-corrected chi connectivity index (χ0v) is 18.3. The number of hydrogen-bond acceptors (Lipinski definition) is 4. The fraction of sp³-hybridized carbons (Fsp3) is 0.400. The van der Waals surface area contributed by atoms with Gasteiger partial charge in [0.05, 0.1) is 10.6 Å². The summed E-state index contributed by atoms with van der Waals surface area (Å²) in [7, 11) is 0. The van der Waals surface area contributed by atoms with Gasteiger partial charge < -0.3 is 9.80 Å². The second-order valence-corrected chi connectivity index (χ2v) is 8.77. The Kier molecular flexibility index (Phi) is 7.76. The van der Waals surface area contributed by atoms with E-state index in [0.717, 1.165) is 23.6 Å². The summed E-state index contributed by atoms with van der Waals surface area (Å²) in [6, 6.07) is 8.52. The van der Waals surface area contributed by atoms with Crippen molar-refractivity contribution in [2.75, 3.05) is 36.8 Å². The summed E-state index contributed by atoms with van der Waals surface area (Å²) in [4.78, 5) is 19.9. The fourth-order valence-corrected chi connectivity index (χ4v) is 4.38. The molecule has 1 amide bonds. The molecular weight excluding hydrogens is 458 g/mol. The number of pyridine rings is 1. The SMILES string of the molecule is O=C(CCSCc1ccc(Cl)cc1)N1CCN(c2ncc(C(F)(F)F)cc2Cl)CC1. The number of hydrogen-bond donors (Lipinski definition) is 0. The molecule has 0 unspecified atom stereocenters. The highest BCUT2D eigenvalue weighted by molar-refractivity contribution is 7.98. The third kappa shape index (κ3) is 6.18. The number of anilines is 1. The van der Waals surface area contributed by atoms with Crippen LogP contribution in [0, 0.1) is 0 Å². The summed E-state index contributed by atoms with van der Waals surface area (Å²) < 4.78 is 38.3. The number of alkyl halides is 3. The van der Waals surface area contributed by atoms with Crippen molar-refractivity contribution in [1.82, 2.24) is 9.88 Å². The lowest BCUT2D eigenvalue weighted by molar-refractivity contribution is -0.137. The quantitative estimate of drug-likeness (QED) is 0.523. The minimum Gasteiger partial charge on any atom is -0.352 e. The fourth-order valence-electron chi connectivity index (χ4n) is 3.07. The maximum atomic E-state index is 12.8.